The summed E-state index contributed by atoms with van der Waals surface area (Å²) in [6.45, 7) is 3.55. The minimum absolute atomic E-state index is 0.197. The molecule has 0 atom stereocenters. The first-order chi connectivity index (χ1) is 9.08. The van der Waals surface area contributed by atoms with Gasteiger partial charge in [0, 0.05) is 11.8 Å². The zero-order chi connectivity index (χ0) is 13.8. The summed E-state index contributed by atoms with van der Waals surface area (Å²) in [7, 11) is 0. The molecule has 5 nitrogen and oxygen atoms in total. The van der Waals surface area contributed by atoms with Gasteiger partial charge in [0.15, 0.2) is 5.16 Å². The van der Waals surface area contributed by atoms with Crippen LogP contribution in [0.15, 0.2) is 45.1 Å². The van der Waals surface area contributed by atoms with Crippen LogP contribution in [0, 0.1) is 0 Å². The molecule has 0 spiro atoms. The summed E-state index contributed by atoms with van der Waals surface area (Å²) in [5.41, 5.74) is 0.197. The van der Waals surface area contributed by atoms with Gasteiger partial charge in [-0.3, -0.25) is 4.98 Å². The first kappa shape index (κ1) is 13.6. The van der Waals surface area contributed by atoms with E-state index in [-0.39, 0.29) is 6.04 Å². The molecular formula is C13H15N3O2S. The Labute approximate surface area is 114 Å². The van der Waals surface area contributed by atoms with Gasteiger partial charge < -0.3 is 0 Å². The van der Waals surface area contributed by atoms with Crippen molar-refractivity contribution in [2.75, 3.05) is 0 Å². The number of nitrogens with zero attached hydrogens (tertiary/aromatic N) is 2. The van der Waals surface area contributed by atoms with Gasteiger partial charge in [-0.05, 0) is 19.4 Å². The van der Waals surface area contributed by atoms with Crippen LogP contribution in [0.3, 0.4) is 0 Å². The number of nitrogens with one attached hydrogen (secondary N) is 1. The highest BCUT2D eigenvalue weighted by atomic mass is 32.2. The Morgan fingerprint density at radius 3 is 2.53 bits per heavy atom. The van der Waals surface area contributed by atoms with E-state index in [0.717, 1.165) is 10.1 Å². The monoisotopic (exact) mass is 277 g/mol. The maximum atomic E-state index is 11.8. The third-order valence-corrected chi connectivity index (χ3v) is 3.52. The molecule has 19 heavy (non-hydrogen) atoms. The van der Waals surface area contributed by atoms with Crippen molar-refractivity contribution in [1.82, 2.24) is 14.5 Å². The largest absolute Gasteiger partial charge is 0.354 e. The van der Waals surface area contributed by atoms with Gasteiger partial charge in [-0.15, -0.1) is 0 Å². The molecule has 2 aromatic rings. The van der Waals surface area contributed by atoms with Gasteiger partial charge >= 0.3 is 11.4 Å². The third-order valence-electron chi connectivity index (χ3n) is 2.57. The quantitative estimate of drug-likeness (QED) is 0.865. The summed E-state index contributed by atoms with van der Waals surface area (Å²) >= 11 is 1.34. The van der Waals surface area contributed by atoms with Crippen LogP contribution in [-0.4, -0.2) is 14.5 Å². The summed E-state index contributed by atoms with van der Waals surface area (Å²) in [4.78, 5) is 30.0. The van der Waals surface area contributed by atoms with E-state index in [9.17, 15) is 9.59 Å². The number of aromatic amines is 1. The van der Waals surface area contributed by atoms with E-state index in [2.05, 4.69) is 9.97 Å². The van der Waals surface area contributed by atoms with Crippen LogP contribution in [0.25, 0.3) is 0 Å². The smallest absolute Gasteiger partial charge is 0.286 e. The Bertz CT molecular complexity index is 630. The second kappa shape index (κ2) is 5.88. The van der Waals surface area contributed by atoms with Gasteiger partial charge in [-0.2, -0.15) is 4.98 Å². The molecule has 1 heterocycles. The average molecular weight is 277 g/mol. The fourth-order valence-corrected chi connectivity index (χ4v) is 2.45. The van der Waals surface area contributed by atoms with Crippen LogP contribution in [-0.2, 0) is 5.75 Å². The van der Waals surface area contributed by atoms with Gasteiger partial charge in [-0.25, -0.2) is 14.2 Å². The zero-order valence-corrected chi connectivity index (χ0v) is 11.6. The number of thioether (sulfide) groups is 1. The minimum Gasteiger partial charge on any atom is -0.286 e. The molecule has 1 N–H and O–H groups in total. The lowest BCUT2D eigenvalue weighted by molar-refractivity contribution is 0.514. The molecule has 0 saturated carbocycles. The molecule has 0 aliphatic rings. The van der Waals surface area contributed by atoms with E-state index in [4.69, 9.17) is 0 Å². The topological polar surface area (TPSA) is 67.8 Å². The highest BCUT2D eigenvalue weighted by Crippen LogP contribution is 2.16. The number of rotatable bonds is 4. The Hall–Kier alpha value is -1.82. The molecule has 6 heteroatoms. The Morgan fingerprint density at radius 1 is 1.26 bits per heavy atom. The second-order valence-electron chi connectivity index (χ2n) is 4.37. The van der Waals surface area contributed by atoms with E-state index in [1.807, 2.05) is 30.3 Å². The number of aromatic nitrogens is 3. The molecule has 0 fully saturated rings. The predicted molar refractivity (Wildman–Crippen MR) is 75.5 cm³/mol. The summed E-state index contributed by atoms with van der Waals surface area (Å²) in [5, 5.41) is 0.357. The fraction of sp³-hybridized carbons (Fsp3) is 0.308. The van der Waals surface area contributed by atoms with E-state index in [1.165, 1.54) is 11.8 Å². The first-order valence-electron chi connectivity index (χ1n) is 5.97. The number of hydrogen-bond donors (Lipinski definition) is 1. The minimum atomic E-state index is -0.505. The lowest BCUT2D eigenvalue weighted by Crippen LogP contribution is -2.38. The lowest BCUT2D eigenvalue weighted by Gasteiger charge is -2.07. The number of hydrogen-bond acceptors (Lipinski definition) is 4. The molecule has 2 rings (SSSR count). The SMILES string of the molecule is CC(C)n1c(=O)nc(SCc2ccccc2)[nH]c1=O. The van der Waals surface area contributed by atoms with Gasteiger partial charge in [-0.1, -0.05) is 42.1 Å². The first-order valence-corrected chi connectivity index (χ1v) is 6.96. The van der Waals surface area contributed by atoms with Crippen molar-refractivity contribution in [3.8, 4) is 0 Å². The molecule has 100 valence electrons. The highest BCUT2D eigenvalue weighted by molar-refractivity contribution is 7.98. The molecule has 0 radical (unpaired) electrons. The van der Waals surface area contributed by atoms with E-state index < -0.39 is 11.4 Å². The summed E-state index contributed by atoms with van der Waals surface area (Å²) in [6, 6.07) is 9.61. The highest BCUT2D eigenvalue weighted by Gasteiger charge is 2.09. The standard InChI is InChI=1S/C13H15N3O2S/c1-9(2)16-12(17)14-11(15-13(16)18)19-8-10-6-4-3-5-7-10/h3-7,9H,8H2,1-2H3,(H,14,15,17,18). The molecule has 0 bridgehead atoms. The maximum Gasteiger partial charge on any atom is 0.354 e. The molecule has 0 aliphatic heterocycles. The Kier molecular flexibility index (Phi) is 4.21. The van der Waals surface area contributed by atoms with Crippen molar-refractivity contribution >= 4 is 11.8 Å². The van der Waals surface area contributed by atoms with E-state index >= 15 is 0 Å². The van der Waals surface area contributed by atoms with Crippen molar-refractivity contribution in [3.05, 3.63) is 56.9 Å². The molecule has 0 aliphatic carbocycles. The van der Waals surface area contributed by atoms with E-state index in [1.54, 1.807) is 13.8 Å². The molecule has 0 unspecified atom stereocenters. The Balaban J connectivity index is 2.19. The van der Waals surface area contributed by atoms with Gasteiger partial charge in [0.25, 0.3) is 0 Å². The van der Waals surface area contributed by atoms with Crippen molar-refractivity contribution in [2.45, 2.75) is 30.8 Å². The number of benzene rings is 1. The van der Waals surface area contributed by atoms with Crippen molar-refractivity contribution in [3.63, 3.8) is 0 Å². The van der Waals surface area contributed by atoms with Crippen molar-refractivity contribution in [2.24, 2.45) is 0 Å². The predicted octanol–water partition coefficient (Wildman–Crippen LogP) is 1.80. The van der Waals surface area contributed by atoms with Crippen LogP contribution in [0.4, 0.5) is 0 Å². The normalized spacial score (nSPS) is 10.9. The van der Waals surface area contributed by atoms with E-state index in [0.29, 0.717) is 10.9 Å². The molecule has 1 aromatic carbocycles. The van der Waals surface area contributed by atoms with Crippen molar-refractivity contribution < 1.29 is 0 Å². The Morgan fingerprint density at radius 2 is 1.95 bits per heavy atom. The lowest BCUT2D eigenvalue weighted by atomic mass is 10.2. The van der Waals surface area contributed by atoms with Crippen LogP contribution in [0.2, 0.25) is 0 Å². The molecule has 0 amide bonds. The molecule has 0 saturated heterocycles. The van der Waals surface area contributed by atoms with Gasteiger partial charge in [0.2, 0.25) is 0 Å². The van der Waals surface area contributed by atoms with Gasteiger partial charge in [0.05, 0.1) is 0 Å². The van der Waals surface area contributed by atoms with Gasteiger partial charge in [0.1, 0.15) is 0 Å². The second-order valence-corrected chi connectivity index (χ2v) is 5.33. The van der Waals surface area contributed by atoms with Crippen molar-refractivity contribution in [1.29, 1.82) is 0 Å². The summed E-state index contributed by atoms with van der Waals surface area (Å²) < 4.78 is 1.10. The summed E-state index contributed by atoms with van der Waals surface area (Å²) in [5.74, 6) is 0.662. The zero-order valence-electron chi connectivity index (χ0n) is 10.8. The maximum absolute atomic E-state index is 11.8. The molecular weight excluding hydrogens is 262 g/mol. The van der Waals surface area contributed by atoms with Crippen LogP contribution < -0.4 is 11.4 Å². The summed E-state index contributed by atoms with van der Waals surface area (Å²) in [6.07, 6.45) is 0. The average Bonchev–Trinajstić information content (AvgIpc) is 2.36. The third kappa shape index (κ3) is 3.35. The molecule has 1 aromatic heterocycles. The van der Waals surface area contributed by atoms with Crippen LogP contribution in [0.5, 0.6) is 0 Å². The van der Waals surface area contributed by atoms with Crippen LogP contribution in [0.1, 0.15) is 25.5 Å². The fourth-order valence-electron chi connectivity index (χ4n) is 1.66. The number of H-pyrrole nitrogens is 1. The van der Waals surface area contributed by atoms with Crippen LogP contribution >= 0.6 is 11.8 Å².